The first-order chi connectivity index (χ1) is 16.5. The molecule has 0 atom stereocenters. The van der Waals surface area contributed by atoms with Gasteiger partial charge in [-0.2, -0.15) is 0 Å². The fraction of sp³-hybridized carbons (Fsp3) is 0.200. The van der Waals surface area contributed by atoms with Crippen molar-refractivity contribution < 1.29 is 0 Å². The lowest BCUT2D eigenvalue weighted by Crippen LogP contribution is -2.03. The van der Waals surface area contributed by atoms with Crippen LogP contribution >= 0.6 is 0 Å². The second kappa shape index (κ2) is 7.84. The van der Waals surface area contributed by atoms with Gasteiger partial charge in [-0.25, -0.2) is 9.97 Å². The van der Waals surface area contributed by atoms with E-state index in [0.717, 1.165) is 24.1 Å². The summed E-state index contributed by atoms with van der Waals surface area (Å²) in [7, 11) is 0. The van der Waals surface area contributed by atoms with Gasteiger partial charge in [0.25, 0.3) is 0 Å². The number of imidazole rings is 2. The van der Waals surface area contributed by atoms with Crippen LogP contribution in [0, 0.1) is 27.7 Å². The molecule has 0 spiro atoms. The van der Waals surface area contributed by atoms with Crippen molar-refractivity contribution in [2.45, 2.75) is 40.8 Å². The fourth-order valence-corrected chi connectivity index (χ4v) is 4.95. The van der Waals surface area contributed by atoms with Crippen LogP contribution in [-0.4, -0.2) is 19.1 Å². The molecular formula is C30H28N4. The SMILES string of the molecule is Cc1cc2ncn(Cc3ccc(Cn4cnc5cc(C)c(C)cc54)c4ccccc34)c2cc1C. The van der Waals surface area contributed by atoms with E-state index in [9.17, 15) is 0 Å². The van der Waals surface area contributed by atoms with Crippen molar-refractivity contribution in [3.8, 4) is 0 Å². The van der Waals surface area contributed by atoms with Crippen LogP contribution in [0.4, 0.5) is 0 Å². The predicted molar refractivity (Wildman–Crippen MR) is 141 cm³/mol. The maximum atomic E-state index is 4.66. The third-order valence-corrected chi connectivity index (χ3v) is 7.26. The van der Waals surface area contributed by atoms with E-state index in [2.05, 4.69) is 107 Å². The molecule has 0 aliphatic heterocycles. The van der Waals surface area contributed by atoms with Gasteiger partial charge in [-0.3, -0.25) is 0 Å². The van der Waals surface area contributed by atoms with E-state index in [4.69, 9.17) is 0 Å². The molecule has 34 heavy (non-hydrogen) atoms. The average Bonchev–Trinajstić information content (AvgIpc) is 3.39. The Hall–Kier alpha value is -3.92. The van der Waals surface area contributed by atoms with Crippen molar-refractivity contribution in [2.24, 2.45) is 0 Å². The molecule has 168 valence electrons. The van der Waals surface area contributed by atoms with Crippen LogP contribution in [-0.2, 0) is 13.1 Å². The quantitative estimate of drug-likeness (QED) is 0.297. The van der Waals surface area contributed by atoms with Gasteiger partial charge in [0.1, 0.15) is 0 Å². The number of aryl methyl sites for hydroxylation is 4. The first-order valence-electron chi connectivity index (χ1n) is 11.8. The van der Waals surface area contributed by atoms with Gasteiger partial charge < -0.3 is 9.13 Å². The van der Waals surface area contributed by atoms with Crippen molar-refractivity contribution in [1.82, 2.24) is 19.1 Å². The number of hydrogen-bond donors (Lipinski definition) is 0. The average molecular weight is 445 g/mol. The number of aromatic nitrogens is 4. The molecule has 0 saturated heterocycles. The maximum absolute atomic E-state index is 4.66. The second-order valence-electron chi connectivity index (χ2n) is 9.52. The molecule has 0 saturated carbocycles. The molecule has 4 heteroatoms. The fourth-order valence-electron chi connectivity index (χ4n) is 4.95. The summed E-state index contributed by atoms with van der Waals surface area (Å²) >= 11 is 0. The summed E-state index contributed by atoms with van der Waals surface area (Å²) < 4.78 is 4.52. The minimum absolute atomic E-state index is 0.798. The monoisotopic (exact) mass is 444 g/mol. The highest BCUT2D eigenvalue weighted by molar-refractivity contribution is 5.89. The minimum Gasteiger partial charge on any atom is -0.326 e. The van der Waals surface area contributed by atoms with Crippen LogP contribution in [0.5, 0.6) is 0 Å². The van der Waals surface area contributed by atoms with E-state index in [1.54, 1.807) is 0 Å². The standard InChI is InChI=1S/C30H28N4/c1-19-11-27-29(13-21(19)3)33(17-31-27)15-23-9-10-24(26-8-6-5-7-25(23)26)16-34-18-32-28-12-20(2)22(4)14-30(28)34/h5-14,17-18H,15-16H2,1-4H3. The van der Waals surface area contributed by atoms with Gasteiger partial charge in [0.2, 0.25) is 0 Å². The van der Waals surface area contributed by atoms with Crippen molar-refractivity contribution >= 4 is 32.8 Å². The Bertz CT molecular complexity index is 1570. The van der Waals surface area contributed by atoms with E-state index in [0.29, 0.717) is 0 Å². The van der Waals surface area contributed by atoms with E-state index < -0.39 is 0 Å². The number of benzene rings is 4. The molecule has 2 heterocycles. The molecule has 0 radical (unpaired) electrons. The Kier molecular flexibility index (Phi) is 4.77. The summed E-state index contributed by atoms with van der Waals surface area (Å²) in [5.41, 5.74) is 12.3. The molecule has 2 aromatic heterocycles. The summed E-state index contributed by atoms with van der Waals surface area (Å²) in [6, 6.07) is 22.2. The lowest BCUT2D eigenvalue weighted by Gasteiger charge is -2.14. The molecule has 0 fully saturated rings. The van der Waals surface area contributed by atoms with Gasteiger partial charge in [-0.05, 0) is 96.1 Å². The Balaban J connectivity index is 1.41. The summed E-state index contributed by atoms with van der Waals surface area (Å²) in [5, 5.41) is 2.59. The Morgan fingerprint density at radius 3 is 1.41 bits per heavy atom. The van der Waals surface area contributed by atoms with Crippen LogP contribution in [0.3, 0.4) is 0 Å². The third-order valence-electron chi connectivity index (χ3n) is 7.26. The Labute approximate surface area is 199 Å². The molecule has 6 aromatic rings. The first kappa shape index (κ1) is 20.7. The summed E-state index contributed by atoms with van der Waals surface area (Å²) in [5.74, 6) is 0. The zero-order valence-corrected chi connectivity index (χ0v) is 20.1. The van der Waals surface area contributed by atoms with Crippen molar-refractivity contribution in [2.75, 3.05) is 0 Å². The van der Waals surface area contributed by atoms with Gasteiger partial charge in [0, 0.05) is 13.1 Å². The largest absolute Gasteiger partial charge is 0.326 e. The van der Waals surface area contributed by atoms with Crippen LogP contribution in [0.15, 0.2) is 73.3 Å². The van der Waals surface area contributed by atoms with Crippen LogP contribution in [0.1, 0.15) is 33.4 Å². The lowest BCUT2D eigenvalue weighted by atomic mass is 9.99. The number of hydrogen-bond acceptors (Lipinski definition) is 2. The molecule has 0 N–H and O–H groups in total. The smallest absolute Gasteiger partial charge is 0.0961 e. The van der Waals surface area contributed by atoms with Crippen molar-refractivity contribution in [3.05, 3.63) is 107 Å². The third kappa shape index (κ3) is 3.38. The predicted octanol–water partition coefficient (Wildman–Crippen LogP) is 6.87. The van der Waals surface area contributed by atoms with E-state index in [-0.39, 0.29) is 0 Å². The maximum Gasteiger partial charge on any atom is 0.0961 e. The zero-order valence-electron chi connectivity index (χ0n) is 20.1. The molecule has 0 aliphatic carbocycles. The van der Waals surface area contributed by atoms with Gasteiger partial charge >= 0.3 is 0 Å². The number of fused-ring (bicyclic) bond motifs is 3. The second-order valence-corrected chi connectivity index (χ2v) is 9.52. The van der Waals surface area contributed by atoms with Crippen LogP contribution in [0.2, 0.25) is 0 Å². The topological polar surface area (TPSA) is 35.6 Å². The van der Waals surface area contributed by atoms with Gasteiger partial charge in [-0.1, -0.05) is 36.4 Å². The summed E-state index contributed by atoms with van der Waals surface area (Å²) in [4.78, 5) is 9.32. The Morgan fingerprint density at radius 2 is 0.971 bits per heavy atom. The molecule has 6 rings (SSSR count). The highest BCUT2D eigenvalue weighted by atomic mass is 15.0. The highest BCUT2D eigenvalue weighted by Crippen LogP contribution is 2.27. The van der Waals surface area contributed by atoms with Gasteiger partial charge in [0.15, 0.2) is 0 Å². The number of nitrogens with zero attached hydrogens (tertiary/aromatic N) is 4. The molecule has 4 nitrogen and oxygen atoms in total. The van der Waals surface area contributed by atoms with Crippen LogP contribution in [0.25, 0.3) is 32.8 Å². The molecule has 0 aliphatic rings. The minimum atomic E-state index is 0.798. The van der Waals surface area contributed by atoms with Gasteiger partial charge in [0.05, 0.1) is 34.7 Å². The summed E-state index contributed by atoms with van der Waals surface area (Å²) in [6.07, 6.45) is 3.93. The Morgan fingerprint density at radius 1 is 0.559 bits per heavy atom. The molecule has 0 bridgehead atoms. The van der Waals surface area contributed by atoms with Gasteiger partial charge in [-0.15, -0.1) is 0 Å². The molecule has 0 amide bonds. The summed E-state index contributed by atoms with van der Waals surface area (Å²) in [6.45, 7) is 10.2. The molecule has 0 unspecified atom stereocenters. The molecule has 4 aromatic carbocycles. The van der Waals surface area contributed by atoms with Crippen molar-refractivity contribution in [1.29, 1.82) is 0 Å². The number of rotatable bonds is 4. The molecular weight excluding hydrogens is 416 g/mol. The highest BCUT2D eigenvalue weighted by Gasteiger charge is 2.12. The normalized spacial score (nSPS) is 11.8. The van der Waals surface area contributed by atoms with Crippen molar-refractivity contribution in [3.63, 3.8) is 0 Å². The van der Waals surface area contributed by atoms with E-state index in [1.165, 1.54) is 55.2 Å². The van der Waals surface area contributed by atoms with E-state index >= 15 is 0 Å². The zero-order chi connectivity index (χ0) is 23.4. The first-order valence-corrected chi connectivity index (χ1v) is 11.8. The van der Waals surface area contributed by atoms with E-state index in [1.807, 2.05) is 12.7 Å². The van der Waals surface area contributed by atoms with Crippen LogP contribution < -0.4 is 0 Å². The lowest BCUT2D eigenvalue weighted by molar-refractivity contribution is 0.819.